The maximum Gasteiger partial charge on any atom is 0.308 e. The molecule has 0 radical (unpaired) electrons. The number of hydrogen-bond donors (Lipinski definition) is 1. The van der Waals surface area contributed by atoms with Gasteiger partial charge in [-0.2, -0.15) is 0 Å². The van der Waals surface area contributed by atoms with E-state index in [0.717, 1.165) is 12.2 Å². The molecule has 2 atom stereocenters. The Morgan fingerprint density at radius 1 is 1.12 bits per heavy atom. The Bertz CT molecular complexity index is 466. The minimum Gasteiger partial charge on any atom is -0.465 e. The fourth-order valence-electron chi connectivity index (χ4n) is 1.93. The minimum absolute atomic E-state index is 0.0141. The van der Waals surface area contributed by atoms with E-state index in [0.29, 0.717) is 31.2 Å². The number of hydrogen-bond acceptors (Lipinski definition) is 6. The van der Waals surface area contributed by atoms with E-state index in [2.05, 4.69) is 12.2 Å². The van der Waals surface area contributed by atoms with Crippen molar-refractivity contribution in [2.24, 2.45) is 11.8 Å². The van der Waals surface area contributed by atoms with Crippen LogP contribution in [-0.4, -0.2) is 41.8 Å². The van der Waals surface area contributed by atoms with Crippen molar-refractivity contribution in [1.29, 1.82) is 0 Å². The monoisotopic (exact) mass is 403 g/mol. The van der Waals surface area contributed by atoms with Gasteiger partial charge in [0.1, 0.15) is 12.4 Å². The molecule has 26 heavy (non-hydrogen) atoms. The highest BCUT2D eigenvalue weighted by Crippen LogP contribution is 2.28. The van der Waals surface area contributed by atoms with Crippen LogP contribution in [0.3, 0.4) is 0 Å². The third-order valence-electron chi connectivity index (χ3n) is 3.58. The van der Waals surface area contributed by atoms with Gasteiger partial charge in [0, 0.05) is 36.3 Å². The molecule has 0 spiro atoms. The Hall–Kier alpha value is -0.950. The van der Waals surface area contributed by atoms with Crippen LogP contribution < -0.4 is 5.32 Å². The van der Waals surface area contributed by atoms with Crippen LogP contribution >= 0.6 is 21.6 Å². The van der Waals surface area contributed by atoms with Gasteiger partial charge >= 0.3 is 5.97 Å². The summed E-state index contributed by atoms with van der Waals surface area (Å²) < 4.78 is 5.11. The van der Waals surface area contributed by atoms with E-state index in [1.54, 1.807) is 21.6 Å². The highest BCUT2D eigenvalue weighted by molar-refractivity contribution is 8.76. The predicted molar refractivity (Wildman–Crippen MR) is 111 cm³/mol. The number of carbonyl (C=O) groups excluding carboxylic acids is 3. The van der Waals surface area contributed by atoms with Gasteiger partial charge in [-0.15, -0.1) is 0 Å². The van der Waals surface area contributed by atoms with Crippen molar-refractivity contribution in [2.75, 3.05) is 18.9 Å². The Balaban J connectivity index is 3.70. The Kier molecular flexibility index (Phi) is 14.6. The molecular formula is C19H33NO4S2. The fourth-order valence-corrected chi connectivity index (χ4v) is 4.10. The van der Waals surface area contributed by atoms with E-state index in [-0.39, 0.29) is 29.5 Å². The quantitative estimate of drug-likeness (QED) is 0.204. The number of allylic oxidation sites excluding steroid dienone is 2. The van der Waals surface area contributed by atoms with E-state index < -0.39 is 0 Å². The molecule has 1 N–H and O–H groups in total. The van der Waals surface area contributed by atoms with Crippen molar-refractivity contribution >= 4 is 39.2 Å². The maximum absolute atomic E-state index is 11.8. The SMILES string of the molecule is CC=CC(C)C(=O)CCNC(=O)CCC(C)SSCCOC(=O)C(C)C. The standard InChI is InChI=1S/C19H33NO4S2/c1-6-7-15(4)17(21)10-11-20-18(22)9-8-16(5)26-25-13-12-24-19(23)14(2)3/h6-7,14-16H,8-13H2,1-5H3,(H,20,22). The first kappa shape index (κ1) is 25.1. The lowest BCUT2D eigenvalue weighted by Gasteiger charge is -2.11. The van der Waals surface area contributed by atoms with E-state index in [9.17, 15) is 14.4 Å². The number of nitrogens with one attached hydrogen (secondary N) is 1. The molecular weight excluding hydrogens is 370 g/mol. The predicted octanol–water partition coefficient (Wildman–Crippen LogP) is 4.02. The van der Waals surface area contributed by atoms with Gasteiger partial charge in [0.15, 0.2) is 0 Å². The summed E-state index contributed by atoms with van der Waals surface area (Å²) in [6, 6.07) is 0. The van der Waals surface area contributed by atoms with Crippen LogP contribution in [0.4, 0.5) is 0 Å². The Morgan fingerprint density at radius 3 is 2.42 bits per heavy atom. The first-order valence-electron chi connectivity index (χ1n) is 9.15. The van der Waals surface area contributed by atoms with Crippen molar-refractivity contribution in [3.8, 4) is 0 Å². The molecule has 0 aliphatic rings. The average Bonchev–Trinajstić information content (AvgIpc) is 2.59. The molecule has 2 unspecified atom stereocenters. The lowest BCUT2D eigenvalue weighted by atomic mass is 10.0. The summed E-state index contributed by atoms with van der Waals surface area (Å²) in [6.45, 7) is 10.3. The molecule has 150 valence electrons. The lowest BCUT2D eigenvalue weighted by molar-refractivity contribution is -0.146. The van der Waals surface area contributed by atoms with Gasteiger partial charge in [-0.05, 0) is 13.3 Å². The summed E-state index contributed by atoms with van der Waals surface area (Å²) in [5, 5.41) is 3.14. The van der Waals surface area contributed by atoms with Gasteiger partial charge in [0.2, 0.25) is 5.91 Å². The molecule has 1 amide bonds. The Morgan fingerprint density at radius 2 is 1.81 bits per heavy atom. The molecule has 0 heterocycles. The molecule has 0 aliphatic heterocycles. The van der Waals surface area contributed by atoms with Gasteiger partial charge in [0.25, 0.3) is 0 Å². The summed E-state index contributed by atoms with van der Waals surface area (Å²) in [4.78, 5) is 34.9. The summed E-state index contributed by atoms with van der Waals surface area (Å²) >= 11 is 0. The first-order chi connectivity index (χ1) is 12.3. The molecule has 5 nitrogen and oxygen atoms in total. The van der Waals surface area contributed by atoms with Crippen LogP contribution in [0, 0.1) is 11.8 Å². The number of carbonyl (C=O) groups is 3. The van der Waals surface area contributed by atoms with Gasteiger partial charge in [-0.3, -0.25) is 14.4 Å². The van der Waals surface area contributed by atoms with Crippen molar-refractivity contribution in [3.63, 3.8) is 0 Å². The molecule has 0 saturated heterocycles. The zero-order valence-corrected chi connectivity index (χ0v) is 18.2. The number of amides is 1. The van der Waals surface area contributed by atoms with E-state index in [4.69, 9.17) is 4.74 Å². The molecule has 0 aromatic heterocycles. The van der Waals surface area contributed by atoms with Crippen LogP contribution in [0.25, 0.3) is 0 Å². The zero-order valence-electron chi connectivity index (χ0n) is 16.6. The van der Waals surface area contributed by atoms with Crippen LogP contribution in [-0.2, 0) is 19.1 Å². The molecule has 0 aromatic carbocycles. The molecule has 0 aromatic rings. The Labute approximate surface area is 165 Å². The second kappa shape index (κ2) is 15.1. The third-order valence-corrected chi connectivity index (χ3v) is 6.50. The third kappa shape index (κ3) is 13.3. The number of ketones is 1. The highest BCUT2D eigenvalue weighted by atomic mass is 33.1. The largest absolute Gasteiger partial charge is 0.465 e. The molecule has 7 heteroatoms. The van der Waals surface area contributed by atoms with Crippen molar-refractivity contribution in [2.45, 2.75) is 59.1 Å². The number of ether oxygens (including phenoxy) is 1. The van der Waals surface area contributed by atoms with E-state index in [1.807, 2.05) is 39.8 Å². The second-order valence-corrected chi connectivity index (χ2v) is 9.40. The zero-order chi connectivity index (χ0) is 19.9. The maximum atomic E-state index is 11.8. The second-order valence-electron chi connectivity index (χ2n) is 6.47. The van der Waals surface area contributed by atoms with Crippen LogP contribution in [0.15, 0.2) is 12.2 Å². The molecule has 0 fully saturated rings. The first-order valence-corrected chi connectivity index (χ1v) is 11.5. The number of Topliss-reactive ketones (excluding diaryl/α,β-unsaturated/α-hetero) is 1. The van der Waals surface area contributed by atoms with E-state index >= 15 is 0 Å². The van der Waals surface area contributed by atoms with Crippen LogP contribution in [0.2, 0.25) is 0 Å². The molecule has 0 aliphatic carbocycles. The average molecular weight is 404 g/mol. The summed E-state index contributed by atoms with van der Waals surface area (Å²) in [7, 11) is 3.35. The topological polar surface area (TPSA) is 72.5 Å². The molecule has 0 saturated carbocycles. The summed E-state index contributed by atoms with van der Waals surface area (Å²) in [5.74, 6) is 0.518. The molecule has 0 rings (SSSR count). The van der Waals surface area contributed by atoms with Gasteiger partial charge in [-0.25, -0.2) is 0 Å². The summed E-state index contributed by atoms with van der Waals surface area (Å²) in [5.41, 5.74) is 0. The van der Waals surface area contributed by atoms with Gasteiger partial charge in [0.05, 0.1) is 5.92 Å². The minimum atomic E-state index is -0.168. The smallest absolute Gasteiger partial charge is 0.308 e. The van der Waals surface area contributed by atoms with Crippen molar-refractivity contribution in [1.82, 2.24) is 5.32 Å². The fraction of sp³-hybridized carbons (Fsp3) is 0.737. The lowest BCUT2D eigenvalue weighted by Crippen LogP contribution is -2.27. The van der Waals surface area contributed by atoms with Gasteiger partial charge < -0.3 is 10.1 Å². The van der Waals surface area contributed by atoms with Crippen LogP contribution in [0.5, 0.6) is 0 Å². The normalized spacial score (nSPS) is 13.6. The number of rotatable bonds is 14. The van der Waals surface area contributed by atoms with Crippen LogP contribution in [0.1, 0.15) is 53.9 Å². The van der Waals surface area contributed by atoms with Gasteiger partial charge in [-0.1, -0.05) is 61.4 Å². The summed E-state index contributed by atoms with van der Waals surface area (Å²) in [6.07, 6.45) is 5.33. The number of esters is 1. The highest BCUT2D eigenvalue weighted by Gasteiger charge is 2.11. The van der Waals surface area contributed by atoms with E-state index in [1.165, 1.54) is 0 Å². The van der Waals surface area contributed by atoms with Crippen molar-refractivity contribution < 1.29 is 19.1 Å². The van der Waals surface area contributed by atoms with Crippen molar-refractivity contribution in [3.05, 3.63) is 12.2 Å². The molecule has 0 bridgehead atoms.